The number of pyridine rings is 1. The van der Waals surface area contributed by atoms with Crippen LogP contribution in [0.3, 0.4) is 0 Å². The molecule has 0 amide bonds. The monoisotopic (exact) mass is 307 g/mol. The number of hydrogen-bond donors (Lipinski definition) is 1. The first kappa shape index (κ1) is 15.2. The van der Waals surface area contributed by atoms with Crippen LogP contribution in [-0.4, -0.2) is 34.8 Å². The molecule has 3 nitrogen and oxygen atoms in total. The van der Waals surface area contributed by atoms with Gasteiger partial charge in [0.15, 0.2) is 0 Å². The molecule has 0 bridgehead atoms. The van der Waals surface area contributed by atoms with Gasteiger partial charge in [-0.25, -0.2) is 0 Å². The van der Waals surface area contributed by atoms with Crippen molar-refractivity contribution in [1.82, 2.24) is 4.98 Å². The van der Waals surface area contributed by atoms with E-state index in [1.807, 2.05) is 24.3 Å². The maximum atomic E-state index is 9.18. The van der Waals surface area contributed by atoms with Gasteiger partial charge in [0.25, 0.3) is 0 Å². The number of phenols is 1. The number of aromatic nitrogens is 1. The summed E-state index contributed by atoms with van der Waals surface area (Å²) in [5.41, 5.74) is 0. The van der Waals surface area contributed by atoms with Gasteiger partial charge in [-0.15, -0.1) is 23.5 Å². The minimum Gasteiger partial charge on any atom is -0.508 e. The van der Waals surface area contributed by atoms with E-state index in [-0.39, 0.29) is 0 Å². The van der Waals surface area contributed by atoms with Gasteiger partial charge in [-0.3, -0.25) is 4.98 Å². The van der Waals surface area contributed by atoms with Gasteiger partial charge in [0.05, 0.1) is 13.2 Å². The molecule has 2 rings (SSSR count). The average Bonchev–Trinajstić information content (AvgIpc) is 2.49. The van der Waals surface area contributed by atoms with Gasteiger partial charge in [-0.2, -0.15) is 0 Å². The van der Waals surface area contributed by atoms with Crippen LogP contribution in [-0.2, 0) is 4.74 Å². The molecule has 20 heavy (non-hydrogen) atoms. The maximum Gasteiger partial charge on any atom is 0.115 e. The number of ether oxygens (including phenoxy) is 1. The molecule has 0 saturated heterocycles. The minimum absolute atomic E-state index is 0.304. The van der Waals surface area contributed by atoms with E-state index >= 15 is 0 Å². The van der Waals surface area contributed by atoms with Gasteiger partial charge in [0, 0.05) is 33.7 Å². The molecular formula is C15H17NO2S2. The van der Waals surface area contributed by atoms with Crippen molar-refractivity contribution in [2.45, 2.75) is 9.79 Å². The molecule has 0 aliphatic rings. The summed E-state index contributed by atoms with van der Waals surface area (Å²) in [4.78, 5) is 6.36. The number of hydrogen-bond acceptors (Lipinski definition) is 5. The lowest BCUT2D eigenvalue weighted by Gasteiger charge is -2.04. The van der Waals surface area contributed by atoms with Gasteiger partial charge in [-0.1, -0.05) is 0 Å². The van der Waals surface area contributed by atoms with Gasteiger partial charge >= 0.3 is 0 Å². The summed E-state index contributed by atoms with van der Waals surface area (Å²) >= 11 is 3.51. The second-order valence-corrected chi connectivity index (χ2v) is 6.32. The molecule has 1 N–H and O–H groups in total. The predicted molar refractivity (Wildman–Crippen MR) is 84.6 cm³/mol. The second kappa shape index (κ2) is 8.89. The van der Waals surface area contributed by atoms with E-state index < -0.39 is 0 Å². The van der Waals surface area contributed by atoms with Crippen LogP contribution >= 0.6 is 23.5 Å². The van der Waals surface area contributed by atoms with E-state index in [4.69, 9.17) is 4.74 Å². The van der Waals surface area contributed by atoms with E-state index in [1.165, 1.54) is 4.90 Å². The van der Waals surface area contributed by atoms with Crippen molar-refractivity contribution in [3.8, 4) is 5.75 Å². The molecule has 0 atom stereocenters. The van der Waals surface area contributed by atoms with Gasteiger partial charge in [-0.05, 0) is 36.4 Å². The van der Waals surface area contributed by atoms with Crippen molar-refractivity contribution in [2.24, 2.45) is 0 Å². The largest absolute Gasteiger partial charge is 0.508 e. The van der Waals surface area contributed by atoms with Crippen LogP contribution in [0.5, 0.6) is 5.75 Å². The van der Waals surface area contributed by atoms with E-state index in [1.54, 1.807) is 48.1 Å². The molecule has 0 aliphatic carbocycles. The lowest BCUT2D eigenvalue weighted by Crippen LogP contribution is -2.01. The van der Waals surface area contributed by atoms with Crippen molar-refractivity contribution in [3.63, 3.8) is 0 Å². The third kappa shape index (κ3) is 5.86. The number of aromatic hydroxyl groups is 1. The topological polar surface area (TPSA) is 42.4 Å². The van der Waals surface area contributed by atoms with Crippen LogP contribution in [0.25, 0.3) is 0 Å². The number of phenolic OH excluding ortho intramolecular Hbond substituents is 1. The zero-order valence-electron chi connectivity index (χ0n) is 11.1. The molecule has 106 valence electrons. The smallest absolute Gasteiger partial charge is 0.115 e. The third-order valence-electron chi connectivity index (χ3n) is 2.48. The van der Waals surface area contributed by atoms with Gasteiger partial charge < -0.3 is 9.84 Å². The first-order valence-electron chi connectivity index (χ1n) is 6.37. The minimum atomic E-state index is 0.304. The fourth-order valence-electron chi connectivity index (χ4n) is 1.52. The summed E-state index contributed by atoms with van der Waals surface area (Å²) in [6, 6.07) is 11.2. The van der Waals surface area contributed by atoms with E-state index in [9.17, 15) is 5.11 Å². The summed E-state index contributed by atoms with van der Waals surface area (Å²) in [5.74, 6) is 2.18. The molecule has 0 unspecified atom stereocenters. The SMILES string of the molecule is Oc1ccc(SCCOCCSc2ccncc2)cc1. The fraction of sp³-hybridized carbons (Fsp3) is 0.267. The summed E-state index contributed by atoms with van der Waals surface area (Å²) < 4.78 is 5.59. The molecular weight excluding hydrogens is 290 g/mol. The summed E-state index contributed by atoms with van der Waals surface area (Å²) in [6.07, 6.45) is 3.61. The predicted octanol–water partition coefficient (Wildman–Crippen LogP) is 3.69. The number of benzene rings is 1. The molecule has 0 aliphatic heterocycles. The molecule has 0 radical (unpaired) electrons. The van der Waals surface area contributed by atoms with Crippen molar-refractivity contribution >= 4 is 23.5 Å². The highest BCUT2D eigenvalue weighted by atomic mass is 32.2. The van der Waals surface area contributed by atoms with E-state index in [0.717, 1.165) is 29.6 Å². The van der Waals surface area contributed by atoms with Crippen LogP contribution in [0.1, 0.15) is 0 Å². The Morgan fingerprint density at radius 2 is 1.40 bits per heavy atom. The summed E-state index contributed by atoms with van der Waals surface area (Å²) in [7, 11) is 0. The highest BCUT2D eigenvalue weighted by Gasteiger charge is 1.96. The Kier molecular flexibility index (Phi) is 6.77. The molecule has 1 heterocycles. The Morgan fingerprint density at radius 3 is 2.00 bits per heavy atom. The number of rotatable bonds is 8. The number of nitrogens with zero attached hydrogens (tertiary/aromatic N) is 1. The fourth-order valence-corrected chi connectivity index (χ4v) is 3.03. The third-order valence-corrected chi connectivity index (χ3v) is 4.43. The standard InChI is InChI=1S/C15H17NO2S2/c17-13-1-3-14(4-2-13)19-11-9-18-10-12-20-15-5-7-16-8-6-15/h1-8,17H,9-12H2. The second-order valence-electron chi connectivity index (χ2n) is 3.99. The highest BCUT2D eigenvalue weighted by molar-refractivity contribution is 7.99. The Balaban J connectivity index is 1.51. The van der Waals surface area contributed by atoms with E-state index in [2.05, 4.69) is 4.98 Å². The van der Waals surface area contributed by atoms with Crippen LogP contribution in [0.4, 0.5) is 0 Å². The van der Waals surface area contributed by atoms with Gasteiger partial charge in [0.1, 0.15) is 5.75 Å². The quantitative estimate of drug-likeness (QED) is 0.595. The lowest BCUT2D eigenvalue weighted by molar-refractivity contribution is 0.167. The highest BCUT2D eigenvalue weighted by Crippen LogP contribution is 2.20. The molecule has 0 saturated carbocycles. The van der Waals surface area contributed by atoms with Crippen molar-refractivity contribution in [2.75, 3.05) is 24.7 Å². The maximum absolute atomic E-state index is 9.18. The average molecular weight is 307 g/mol. The Hall–Kier alpha value is -1.17. The van der Waals surface area contributed by atoms with Crippen LogP contribution in [0.2, 0.25) is 0 Å². The first-order valence-corrected chi connectivity index (χ1v) is 8.34. The number of thioether (sulfide) groups is 2. The van der Waals surface area contributed by atoms with Crippen molar-refractivity contribution in [3.05, 3.63) is 48.8 Å². The Morgan fingerprint density at radius 1 is 0.850 bits per heavy atom. The molecule has 5 heteroatoms. The lowest BCUT2D eigenvalue weighted by atomic mass is 10.3. The molecule has 0 fully saturated rings. The van der Waals surface area contributed by atoms with E-state index in [0.29, 0.717) is 5.75 Å². The Labute approximate surface area is 127 Å². The van der Waals surface area contributed by atoms with Crippen LogP contribution in [0.15, 0.2) is 58.6 Å². The van der Waals surface area contributed by atoms with Crippen LogP contribution in [0, 0.1) is 0 Å². The van der Waals surface area contributed by atoms with Crippen molar-refractivity contribution < 1.29 is 9.84 Å². The molecule has 1 aromatic heterocycles. The summed E-state index contributed by atoms with van der Waals surface area (Å²) in [6.45, 7) is 1.49. The molecule has 2 aromatic rings. The van der Waals surface area contributed by atoms with Gasteiger partial charge in [0.2, 0.25) is 0 Å². The zero-order valence-corrected chi connectivity index (χ0v) is 12.7. The van der Waals surface area contributed by atoms with Crippen LogP contribution < -0.4 is 0 Å². The zero-order chi connectivity index (χ0) is 14.0. The molecule has 1 aromatic carbocycles. The molecule has 0 spiro atoms. The van der Waals surface area contributed by atoms with Crippen molar-refractivity contribution in [1.29, 1.82) is 0 Å². The first-order chi connectivity index (χ1) is 9.84. The summed E-state index contributed by atoms with van der Waals surface area (Å²) in [5, 5.41) is 9.18. The Bertz CT molecular complexity index is 491. The normalized spacial score (nSPS) is 10.6.